The van der Waals surface area contributed by atoms with E-state index in [0.29, 0.717) is 17.3 Å². The molecule has 0 spiro atoms. The number of pyridine rings is 1. The SMILES string of the molecule is Nc1ncc(C2CCCC2)cc1C=O. The molecule has 0 radical (unpaired) electrons. The molecule has 0 amide bonds. The fourth-order valence-corrected chi connectivity index (χ4v) is 2.09. The molecule has 0 atom stereocenters. The van der Waals surface area contributed by atoms with Crippen molar-refractivity contribution in [3.8, 4) is 0 Å². The van der Waals surface area contributed by atoms with Gasteiger partial charge in [-0.1, -0.05) is 12.8 Å². The van der Waals surface area contributed by atoms with E-state index in [9.17, 15) is 4.79 Å². The number of aromatic nitrogens is 1. The van der Waals surface area contributed by atoms with Gasteiger partial charge in [0.05, 0.1) is 5.56 Å². The van der Waals surface area contributed by atoms with Gasteiger partial charge in [-0.2, -0.15) is 0 Å². The first-order chi connectivity index (χ1) is 6.81. The van der Waals surface area contributed by atoms with E-state index in [1.165, 1.54) is 31.2 Å². The number of nitrogen functional groups attached to an aromatic ring is 1. The van der Waals surface area contributed by atoms with Crippen LogP contribution in [0.15, 0.2) is 12.3 Å². The number of hydrogen-bond acceptors (Lipinski definition) is 3. The minimum Gasteiger partial charge on any atom is -0.383 e. The van der Waals surface area contributed by atoms with E-state index in [1.807, 2.05) is 6.07 Å². The Morgan fingerprint density at radius 2 is 2.14 bits per heavy atom. The lowest BCUT2D eigenvalue weighted by molar-refractivity contribution is 0.112. The van der Waals surface area contributed by atoms with Crippen molar-refractivity contribution in [1.29, 1.82) is 0 Å². The van der Waals surface area contributed by atoms with Gasteiger partial charge in [-0.25, -0.2) is 4.98 Å². The average molecular weight is 190 g/mol. The number of carbonyl (C=O) groups is 1. The van der Waals surface area contributed by atoms with Crippen LogP contribution in [-0.4, -0.2) is 11.3 Å². The van der Waals surface area contributed by atoms with Crippen LogP contribution in [0.4, 0.5) is 5.82 Å². The van der Waals surface area contributed by atoms with Gasteiger partial charge < -0.3 is 5.73 Å². The molecule has 2 N–H and O–H groups in total. The van der Waals surface area contributed by atoms with Gasteiger partial charge >= 0.3 is 0 Å². The molecule has 1 aromatic rings. The second-order valence-corrected chi connectivity index (χ2v) is 3.84. The summed E-state index contributed by atoms with van der Waals surface area (Å²) in [7, 11) is 0. The highest BCUT2D eigenvalue weighted by atomic mass is 16.1. The van der Waals surface area contributed by atoms with Gasteiger partial charge in [-0.05, 0) is 30.4 Å². The number of nitrogens with zero attached hydrogens (tertiary/aromatic N) is 1. The van der Waals surface area contributed by atoms with Crippen LogP contribution in [-0.2, 0) is 0 Å². The fraction of sp³-hybridized carbons (Fsp3) is 0.455. The average Bonchev–Trinajstić information content (AvgIpc) is 2.71. The standard InChI is InChI=1S/C11H14N2O/c12-11-10(7-14)5-9(6-13-11)8-3-1-2-4-8/h5-8H,1-4H2,(H2,12,13). The Hall–Kier alpha value is -1.38. The zero-order valence-corrected chi connectivity index (χ0v) is 8.07. The Morgan fingerprint density at radius 3 is 2.79 bits per heavy atom. The monoisotopic (exact) mass is 190 g/mol. The number of hydrogen-bond donors (Lipinski definition) is 1. The predicted octanol–water partition coefficient (Wildman–Crippen LogP) is 2.13. The summed E-state index contributed by atoms with van der Waals surface area (Å²) >= 11 is 0. The van der Waals surface area contributed by atoms with Crippen molar-refractivity contribution in [1.82, 2.24) is 4.98 Å². The van der Waals surface area contributed by atoms with Crippen molar-refractivity contribution in [3.63, 3.8) is 0 Å². The van der Waals surface area contributed by atoms with E-state index in [-0.39, 0.29) is 0 Å². The topological polar surface area (TPSA) is 56.0 Å². The van der Waals surface area contributed by atoms with E-state index in [2.05, 4.69) is 4.98 Å². The zero-order valence-electron chi connectivity index (χ0n) is 8.07. The smallest absolute Gasteiger partial charge is 0.153 e. The van der Waals surface area contributed by atoms with Crippen LogP contribution in [0.2, 0.25) is 0 Å². The first kappa shape index (κ1) is 9.19. The normalized spacial score (nSPS) is 17.1. The van der Waals surface area contributed by atoms with Crippen LogP contribution in [0.5, 0.6) is 0 Å². The van der Waals surface area contributed by atoms with E-state index < -0.39 is 0 Å². The molecule has 1 aliphatic rings. The van der Waals surface area contributed by atoms with Crippen LogP contribution < -0.4 is 5.73 Å². The van der Waals surface area contributed by atoms with Crippen LogP contribution in [0.25, 0.3) is 0 Å². The van der Waals surface area contributed by atoms with Crippen molar-refractivity contribution in [2.45, 2.75) is 31.6 Å². The molecule has 0 aliphatic heterocycles. The lowest BCUT2D eigenvalue weighted by Crippen LogP contribution is -2.01. The van der Waals surface area contributed by atoms with Crippen molar-refractivity contribution in [2.24, 2.45) is 0 Å². The molecule has 0 saturated heterocycles. The Balaban J connectivity index is 2.30. The molecule has 0 bridgehead atoms. The molecular formula is C11H14N2O. The third-order valence-electron chi connectivity index (χ3n) is 2.92. The molecule has 0 unspecified atom stereocenters. The molecule has 2 rings (SSSR count). The van der Waals surface area contributed by atoms with Crippen molar-refractivity contribution in [3.05, 3.63) is 23.4 Å². The summed E-state index contributed by atoms with van der Waals surface area (Å²) in [6, 6.07) is 1.88. The summed E-state index contributed by atoms with van der Waals surface area (Å²) in [5.41, 5.74) is 7.24. The van der Waals surface area contributed by atoms with E-state index in [1.54, 1.807) is 6.20 Å². The number of aldehydes is 1. The maximum atomic E-state index is 10.7. The van der Waals surface area contributed by atoms with Crippen LogP contribution in [0.3, 0.4) is 0 Å². The molecule has 1 aliphatic carbocycles. The quantitative estimate of drug-likeness (QED) is 0.727. The summed E-state index contributed by atoms with van der Waals surface area (Å²) in [6.45, 7) is 0. The van der Waals surface area contributed by atoms with Gasteiger partial charge in [0, 0.05) is 6.20 Å². The fourth-order valence-electron chi connectivity index (χ4n) is 2.09. The molecule has 3 nitrogen and oxygen atoms in total. The van der Waals surface area contributed by atoms with Gasteiger partial charge in [-0.15, -0.1) is 0 Å². The molecule has 0 aromatic carbocycles. The molecule has 74 valence electrons. The number of nitrogens with two attached hydrogens (primary N) is 1. The largest absolute Gasteiger partial charge is 0.383 e. The first-order valence-corrected chi connectivity index (χ1v) is 5.02. The van der Waals surface area contributed by atoms with Gasteiger partial charge in [0.25, 0.3) is 0 Å². The minimum absolute atomic E-state index is 0.335. The molecule has 3 heteroatoms. The molecule has 1 aromatic heterocycles. The van der Waals surface area contributed by atoms with Crippen molar-refractivity contribution < 1.29 is 4.79 Å². The lowest BCUT2D eigenvalue weighted by Gasteiger charge is -2.09. The molecular weight excluding hydrogens is 176 g/mol. The summed E-state index contributed by atoms with van der Waals surface area (Å²) in [5.74, 6) is 0.920. The number of anilines is 1. The second-order valence-electron chi connectivity index (χ2n) is 3.84. The maximum absolute atomic E-state index is 10.7. The van der Waals surface area contributed by atoms with E-state index in [4.69, 9.17) is 5.73 Å². The van der Waals surface area contributed by atoms with Gasteiger partial charge in [0.15, 0.2) is 6.29 Å². The van der Waals surface area contributed by atoms with Crippen LogP contribution in [0, 0.1) is 0 Å². The van der Waals surface area contributed by atoms with Gasteiger partial charge in [0.2, 0.25) is 0 Å². The van der Waals surface area contributed by atoms with Crippen molar-refractivity contribution in [2.75, 3.05) is 5.73 Å². The van der Waals surface area contributed by atoms with Gasteiger partial charge in [-0.3, -0.25) is 4.79 Å². The Labute approximate surface area is 83.3 Å². The first-order valence-electron chi connectivity index (χ1n) is 5.02. The van der Waals surface area contributed by atoms with Crippen LogP contribution in [0.1, 0.15) is 47.5 Å². The Kier molecular flexibility index (Phi) is 2.48. The third-order valence-corrected chi connectivity index (χ3v) is 2.92. The second kappa shape index (κ2) is 3.78. The summed E-state index contributed by atoms with van der Waals surface area (Å²) in [5, 5.41) is 0. The minimum atomic E-state index is 0.335. The van der Waals surface area contributed by atoms with E-state index in [0.717, 1.165) is 6.29 Å². The highest BCUT2D eigenvalue weighted by Crippen LogP contribution is 2.34. The molecule has 14 heavy (non-hydrogen) atoms. The van der Waals surface area contributed by atoms with E-state index >= 15 is 0 Å². The molecule has 1 heterocycles. The Bertz CT molecular complexity index is 343. The van der Waals surface area contributed by atoms with Gasteiger partial charge in [0.1, 0.15) is 5.82 Å². The highest BCUT2D eigenvalue weighted by Gasteiger charge is 2.18. The third kappa shape index (κ3) is 1.62. The summed E-state index contributed by atoms with van der Waals surface area (Å²) < 4.78 is 0. The maximum Gasteiger partial charge on any atom is 0.153 e. The predicted molar refractivity (Wildman–Crippen MR) is 55.2 cm³/mol. The van der Waals surface area contributed by atoms with Crippen LogP contribution >= 0.6 is 0 Å². The number of rotatable bonds is 2. The number of carbonyl (C=O) groups excluding carboxylic acids is 1. The summed E-state index contributed by atoms with van der Waals surface area (Å²) in [4.78, 5) is 14.7. The zero-order chi connectivity index (χ0) is 9.97. The Morgan fingerprint density at radius 1 is 1.43 bits per heavy atom. The molecule has 1 saturated carbocycles. The highest BCUT2D eigenvalue weighted by molar-refractivity contribution is 5.81. The molecule has 1 fully saturated rings. The summed E-state index contributed by atoms with van der Waals surface area (Å²) in [6.07, 6.45) is 7.57. The lowest BCUT2D eigenvalue weighted by atomic mass is 9.98. The van der Waals surface area contributed by atoms with Crippen molar-refractivity contribution >= 4 is 12.1 Å².